The standard InChI is InChI=1S/C11H18N2S/c1-9(2)6-10(3)11(7-14)13-5-4-12-8-13/h4-5,7-11H,6H2,1-3H3. The van der Waals surface area contributed by atoms with Crippen LogP contribution in [0.5, 0.6) is 0 Å². The van der Waals surface area contributed by atoms with E-state index in [9.17, 15) is 0 Å². The summed E-state index contributed by atoms with van der Waals surface area (Å²) in [5.41, 5.74) is 0. The van der Waals surface area contributed by atoms with Crippen molar-refractivity contribution in [3.8, 4) is 0 Å². The van der Waals surface area contributed by atoms with Gasteiger partial charge in [-0.1, -0.05) is 33.0 Å². The first kappa shape index (κ1) is 11.4. The summed E-state index contributed by atoms with van der Waals surface area (Å²) in [7, 11) is 0. The maximum absolute atomic E-state index is 5.08. The lowest BCUT2D eigenvalue weighted by molar-refractivity contribution is 0.369. The highest BCUT2D eigenvalue weighted by Crippen LogP contribution is 2.22. The van der Waals surface area contributed by atoms with Crippen molar-refractivity contribution >= 4 is 17.6 Å². The van der Waals surface area contributed by atoms with Crippen LogP contribution in [0.4, 0.5) is 0 Å². The van der Waals surface area contributed by atoms with Crippen LogP contribution in [0.25, 0.3) is 0 Å². The van der Waals surface area contributed by atoms with E-state index in [0.29, 0.717) is 17.9 Å². The van der Waals surface area contributed by atoms with Crippen LogP contribution in [-0.2, 0) is 0 Å². The normalized spacial score (nSPS) is 15.4. The van der Waals surface area contributed by atoms with Gasteiger partial charge in [0, 0.05) is 17.8 Å². The molecule has 0 radical (unpaired) electrons. The van der Waals surface area contributed by atoms with E-state index in [1.165, 1.54) is 6.42 Å². The molecule has 0 aliphatic rings. The lowest BCUT2D eigenvalue weighted by Crippen LogP contribution is -2.18. The van der Waals surface area contributed by atoms with Crippen molar-refractivity contribution in [2.75, 3.05) is 0 Å². The third kappa shape index (κ3) is 2.91. The Balaban J connectivity index is 2.67. The molecular formula is C11H18N2S. The van der Waals surface area contributed by atoms with Crippen molar-refractivity contribution in [2.24, 2.45) is 11.8 Å². The van der Waals surface area contributed by atoms with Gasteiger partial charge in [-0.25, -0.2) is 4.98 Å². The maximum Gasteiger partial charge on any atom is 0.0951 e. The molecule has 78 valence electrons. The Morgan fingerprint density at radius 3 is 2.57 bits per heavy atom. The second kappa shape index (κ2) is 5.25. The van der Waals surface area contributed by atoms with Gasteiger partial charge in [-0.05, 0) is 18.3 Å². The number of thiocarbonyl (C=S) groups is 1. The van der Waals surface area contributed by atoms with Crippen LogP contribution in [0.2, 0.25) is 0 Å². The predicted octanol–water partition coefficient (Wildman–Crippen LogP) is 3.11. The monoisotopic (exact) mass is 210 g/mol. The van der Waals surface area contributed by atoms with Crippen LogP contribution >= 0.6 is 12.2 Å². The molecule has 14 heavy (non-hydrogen) atoms. The highest BCUT2D eigenvalue weighted by molar-refractivity contribution is 7.79. The highest BCUT2D eigenvalue weighted by Gasteiger charge is 2.16. The smallest absolute Gasteiger partial charge is 0.0951 e. The van der Waals surface area contributed by atoms with Crippen LogP contribution in [-0.4, -0.2) is 14.9 Å². The molecular weight excluding hydrogens is 192 g/mol. The molecule has 0 bridgehead atoms. The zero-order valence-corrected chi connectivity index (χ0v) is 9.87. The van der Waals surface area contributed by atoms with Gasteiger partial charge in [0.25, 0.3) is 0 Å². The fraction of sp³-hybridized carbons (Fsp3) is 0.636. The number of aromatic nitrogens is 2. The summed E-state index contributed by atoms with van der Waals surface area (Å²) in [6.07, 6.45) is 6.80. The molecule has 0 amide bonds. The SMILES string of the molecule is CC(C)CC(C)C(C=S)n1ccnc1. The topological polar surface area (TPSA) is 17.8 Å². The molecule has 2 atom stereocenters. The zero-order valence-electron chi connectivity index (χ0n) is 9.05. The minimum absolute atomic E-state index is 0.301. The second-order valence-electron chi connectivity index (χ2n) is 4.24. The van der Waals surface area contributed by atoms with E-state index in [2.05, 4.69) is 30.3 Å². The summed E-state index contributed by atoms with van der Waals surface area (Å²) in [5, 5.41) is 1.84. The lowest BCUT2D eigenvalue weighted by Gasteiger charge is -2.22. The molecule has 2 unspecified atom stereocenters. The number of nitrogens with zero attached hydrogens (tertiary/aromatic N) is 2. The molecule has 0 aliphatic carbocycles. The predicted molar refractivity (Wildman–Crippen MR) is 63.5 cm³/mol. The van der Waals surface area contributed by atoms with Crippen molar-refractivity contribution in [2.45, 2.75) is 33.2 Å². The molecule has 0 N–H and O–H groups in total. The summed E-state index contributed by atoms with van der Waals surface area (Å²) in [5.74, 6) is 1.28. The molecule has 0 aliphatic heterocycles. The van der Waals surface area contributed by atoms with Crippen molar-refractivity contribution < 1.29 is 0 Å². The van der Waals surface area contributed by atoms with Gasteiger partial charge in [-0.3, -0.25) is 0 Å². The van der Waals surface area contributed by atoms with Crippen molar-refractivity contribution in [1.82, 2.24) is 9.55 Å². The summed E-state index contributed by atoms with van der Waals surface area (Å²) in [6.45, 7) is 6.73. The first-order chi connectivity index (χ1) is 6.65. The van der Waals surface area contributed by atoms with Crippen LogP contribution in [0.15, 0.2) is 18.7 Å². The van der Waals surface area contributed by atoms with Crippen LogP contribution < -0.4 is 0 Å². The van der Waals surface area contributed by atoms with E-state index in [1.54, 1.807) is 6.20 Å². The van der Waals surface area contributed by atoms with Crippen molar-refractivity contribution in [3.05, 3.63) is 18.7 Å². The Kier molecular flexibility index (Phi) is 4.26. The Bertz CT molecular complexity index is 267. The van der Waals surface area contributed by atoms with E-state index < -0.39 is 0 Å². The molecule has 1 aromatic heterocycles. The van der Waals surface area contributed by atoms with E-state index in [-0.39, 0.29) is 0 Å². The third-order valence-corrected chi connectivity index (χ3v) is 2.71. The van der Waals surface area contributed by atoms with Gasteiger partial charge in [-0.2, -0.15) is 0 Å². The Morgan fingerprint density at radius 1 is 1.43 bits per heavy atom. The fourth-order valence-corrected chi connectivity index (χ4v) is 2.24. The highest BCUT2D eigenvalue weighted by atomic mass is 32.1. The number of imidazole rings is 1. The maximum atomic E-state index is 5.08. The number of rotatable bonds is 5. The average molecular weight is 210 g/mol. The molecule has 3 heteroatoms. The summed E-state index contributed by atoms with van der Waals surface area (Å²) in [4.78, 5) is 4.05. The van der Waals surface area contributed by atoms with Gasteiger partial charge in [-0.15, -0.1) is 0 Å². The van der Waals surface area contributed by atoms with Gasteiger partial charge >= 0.3 is 0 Å². The fourth-order valence-electron chi connectivity index (χ4n) is 1.83. The van der Waals surface area contributed by atoms with E-state index in [1.807, 2.05) is 17.9 Å². The van der Waals surface area contributed by atoms with E-state index in [4.69, 9.17) is 12.2 Å². The van der Waals surface area contributed by atoms with Gasteiger partial charge in [0.15, 0.2) is 0 Å². The van der Waals surface area contributed by atoms with Crippen LogP contribution in [0.3, 0.4) is 0 Å². The molecule has 0 saturated carbocycles. The summed E-state index contributed by atoms with van der Waals surface area (Å²) in [6, 6.07) is 0.301. The molecule has 0 saturated heterocycles. The minimum atomic E-state index is 0.301. The first-order valence-corrected chi connectivity index (χ1v) is 5.55. The Morgan fingerprint density at radius 2 is 2.14 bits per heavy atom. The van der Waals surface area contributed by atoms with Gasteiger partial charge in [0.2, 0.25) is 0 Å². The average Bonchev–Trinajstić information content (AvgIpc) is 2.57. The second-order valence-corrected chi connectivity index (χ2v) is 4.52. The Hall–Kier alpha value is -0.700. The number of hydrogen-bond acceptors (Lipinski definition) is 2. The summed E-state index contributed by atoms with van der Waals surface area (Å²) >= 11 is 5.08. The molecule has 0 spiro atoms. The van der Waals surface area contributed by atoms with Crippen molar-refractivity contribution in [1.29, 1.82) is 0 Å². The molecule has 1 heterocycles. The molecule has 2 nitrogen and oxygen atoms in total. The number of hydrogen-bond donors (Lipinski definition) is 0. The molecule has 0 aromatic carbocycles. The molecule has 1 aromatic rings. The Labute approximate surface area is 91.3 Å². The van der Waals surface area contributed by atoms with Crippen LogP contribution in [0, 0.1) is 11.8 Å². The quantitative estimate of drug-likeness (QED) is 0.695. The largest absolute Gasteiger partial charge is 0.329 e. The van der Waals surface area contributed by atoms with Gasteiger partial charge in [0.1, 0.15) is 0 Å². The zero-order chi connectivity index (χ0) is 10.6. The molecule has 1 rings (SSSR count). The molecule has 0 fully saturated rings. The van der Waals surface area contributed by atoms with E-state index in [0.717, 1.165) is 0 Å². The van der Waals surface area contributed by atoms with E-state index >= 15 is 0 Å². The van der Waals surface area contributed by atoms with Crippen molar-refractivity contribution in [3.63, 3.8) is 0 Å². The van der Waals surface area contributed by atoms with Gasteiger partial charge < -0.3 is 4.57 Å². The van der Waals surface area contributed by atoms with Gasteiger partial charge in [0.05, 0.1) is 12.4 Å². The first-order valence-electron chi connectivity index (χ1n) is 5.08. The minimum Gasteiger partial charge on any atom is -0.329 e. The summed E-state index contributed by atoms with van der Waals surface area (Å²) < 4.78 is 2.08. The lowest BCUT2D eigenvalue weighted by atomic mass is 9.93. The third-order valence-electron chi connectivity index (χ3n) is 2.43. The van der Waals surface area contributed by atoms with Crippen LogP contribution in [0.1, 0.15) is 33.2 Å².